The molecule has 0 spiro atoms. The lowest BCUT2D eigenvalue weighted by atomic mass is 10.0. The van der Waals surface area contributed by atoms with Crippen LogP contribution in [0.25, 0.3) is 0 Å². The van der Waals surface area contributed by atoms with Gasteiger partial charge in [0.2, 0.25) is 10.0 Å². The van der Waals surface area contributed by atoms with Gasteiger partial charge in [0.05, 0.1) is 9.82 Å². The molecule has 2 saturated heterocycles. The van der Waals surface area contributed by atoms with Gasteiger partial charge in [-0.2, -0.15) is 4.31 Å². The molecular formula is C18H25N3O6S. The van der Waals surface area contributed by atoms with Crippen molar-refractivity contribution < 1.29 is 22.9 Å². The van der Waals surface area contributed by atoms with E-state index < -0.39 is 20.6 Å². The van der Waals surface area contributed by atoms with Gasteiger partial charge >= 0.3 is 5.69 Å². The lowest BCUT2D eigenvalue weighted by Crippen LogP contribution is -2.41. The number of benzene rings is 1. The molecule has 9 nitrogen and oxygen atoms in total. The van der Waals surface area contributed by atoms with Crippen molar-refractivity contribution >= 4 is 21.6 Å². The first-order chi connectivity index (χ1) is 13.3. The van der Waals surface area contributed by atoms with E-state index in [2.05, 4.69) is 6.92 Å². The molecule has 1 atom stereocenters. The second kappa shape index (κ2) is 8.44. The van der Waals surface area contributed by atoms with Crippen LogP contribution in [0.3, 0.4) is 0 Å². The number of ether oxygens (including phenoxy) is 1. The molecule has 1 aromatic rings. The molecule has 0 saturated carbocycles. The van der Waals surface area contributed by atoms with E-state index in [1.54, 1.807) is 4.90 Å². The largest absolute Gasteiger partial charge is 0.477 e. The zero-order valence-corrected chi connectivity index (χ0v) is 16.7. The summed E-state index contributed by atoms with van der Waals surface area (Å²) in [6, 6.07) is 3.56. The van der Waals surface area contributed by atoms with Crippen LogP contribution in [0.5, 0.6) is 5.75 Å². The van der Waals surface area contributed by atoms with E-state index in [1.165, 1.54) is 16.4 Å². The molecule has 0 bridgehead atoms. The third-order valence-corrected chi connectivity index (χ3v) is 7.09. The lowest BCUT2D eigenvalue weighted by Gasteiger charge is -2.30. The summed E-state index contributed by atoms with van der Waals surface area (Å²) in [7, 11) is -3.77. The maximum atomic E-state index is 12.6. The van der Waals surface area contributed by atoms with Crippen LogP contribution in [0.15, 0.2) is 23.1 Å². The topological polar surface area (TPSA) is 110 Å². The lowest BCUT2D eigenvalue weighted by molar-refractivity contribution is -0.386. The van der Waals surface area contributed by atoms with E-state index >= 15 is 0 Å². The number of sulfonamides is 1. The summed E-state index contributed by atoms with van der Waals surface area (Å²) in [5.74, 6) is 0.0838. The van der Waals surface area contributed by atoms with E-state index in [-0.39, 0.29) is 23.2 Å². The number of carbonyl (C=O) groups excluding carboxylic acids is 1. The zero-order chi connectivity index (χ0) is 20.3. The minimum Gasteiger partial charge on any atom is -0.477 e. The van der Waals surface area contributed by atoms with Crippen LogP contribution in [0.1, 0.15) is 32.6 Å². The number of hydrogen-bond acceptors (Lipinski definition) is 6. The minimum atomic E-state index is -3.77. The van der Waals surface area contributed by atoms with Gasteiger partial charge in [-0.25, -0.2) is 8.42 Å². The Hall–Kier alpha value is -2.20. The van der Waals surface area contributed by atoms with Crippen molar-refractivity contribution in [2.75, 3.05) is 32.8 Å². The number of piperidine rings is 1. The average molecular weight is 411 g/mol. The van der Waals surface area contributed by atoms with Gasteiger partial charge in [0.15, 0.2) is 12.4 Å². The number of nitro groups is 1. The molecule has 0 radical (unpaired) electrons. The van der Waals surface area contributed by atoms with Crippen LogP contribution >= 0.6 is 0 Å². The van der Waals surface area contributed by atoms with Crippen molar-refractivity contribution in [2.24, 2.45) is 5.92 Å². The third-order valence-electron chi connectivity index (χ3n) is 5.19. The van der Waals surface area contributed by atoms with E-state index in [0.29, 0.717) is 32.1 Å². The molecule has 2 aliphatic rings. The highest BCUT2D eigenvalue weighted by atomic mass is 32.2. The molecule has 3 rings (SSSR count). The molecule has 1 aromatic carbocycles. The Morgan fingerprint density at radius 3 is 2.61 bits per heavy atom. The number of amides is 1. The molecule has 0 aliphatic carbocycles. The van der Waals surface area contributed by atoms with Crippen molar-refractivity contribution in [2.45, 2.75) is 37.5 Å². The van der Waals surface area contributed by atoms with Gasteiger partial charge in [-0.05, 0) is 43.7 Å². The molecule has 2 aliphatic heterocycles. The van der Waals surface area contributed by atoms with E-state index in [1.807, 2.05) is 0 Å². The predicted molar refractivity (Wildman–Crippen MR) is 102 cm³/mol. The van der Waals surface area contributed by atoms with Gasteiger partial charge in [0, 0.05) is 32.2 Å². The molecule has 28 heavy (non-hydrogen) atoms. The number of hydrogen-bond donors (Lipinski definition) is 0. The second-order valence-electron chi connectivity index (χ2n) is 7.37. The fourth-order valence-corrected chi connectivity index (χ4v) is 5.18. The molecule has 0 unspecified atom stereocenters. The van der Waals surface area contributed by atoms with Gasteiger partial charge < -0.3 is 9.64 Å². The minimum absolute atomic E-state index is 0.108. The van der Waals surface area contributed by atoms with Gasteiger partial charge in [-0.3, -0.25) is 14.9 Å². The summed E-state index contributed by atoms with van der Waals surface area (Å²) >= 11 is 0. The summed E-state index contributed by atoms with van der Waals surface area (Å²) in [5.41, 5.74) is -0.458. The molecule has 0 N–H and O–H groups in total. The monoisotopic (exact) mass is 411 g/mol. The Bertz CT molecular complexity index is 851. The van der Waals surface area contributed by atoms with E-state index in [0.717, 1.165) is 31.7 Å². The van der Waals surface area contributed by atoms with Crippen molar-refractivity contribution in [3.05, 3.63) is 28.3 Å². The molecule has 2 fully saturated rings. The number of rotatable bonds is 6. The fourth-order valence-electron chi connectivity index (χ4n) is 3.65. The molecule has 2 heterocycles. The normalized spacial score (nSPS) is 20.9. The Morgan fingerprint density at radius 1 is 1.25 bits per heavy atom. The highest BCUT2D eigenvalue weighted by Crippen LogP contribution is 2.32. The Balaban J connectivity index is 1.74. The van der Waals surface area contributed by atoms with Gasteiger partial charge in [-0.15, -0.1) is 0 Å². The summed E-state index contributed by atoms with van der Waals surface area (Å²) in [5, 5.41) is 11.4. The zero-order valence-electron chi connectivity index (χ0n) is 15.9. The first-order valence-corrected chi connectivity index (χ1v) is 10.9. The number of nitro benzene ring substituents is 1. The van der Waals surface area contributed by atoms with E-state index in [9.17, 15) is 23.3 Å². The first kappa shape index (κ1) is 20.5. The van der Waals surface area contributed by atoms with Crippen molar-refractivity contribution in [1.82, 2.24) is 9.21 Å². The number of nitrogens with zero attached hydrogens (tertiary/aromatic N) is 3. The summed E-state index contributed by atoms with van der Waals surface area (Å²) in [4.78, 5) is 24.6. The van der Waals surface area contributed by atoms with Crippen molar-refractivity contribution in [3.63, 3.8) is 0 Å². The maximum absolute atomic E-state index is 12.6. The first-order valence-electron chi connectivity index (χ1n) is 9.48. The molecule has 1 amide bonds. The summed E-state index contributed by atoms with van der Waals surface area (Å²) < 4.78 is 32.0. The van der Waals surface area contributed by atoms with Crippen LogP contribution < -0.4 is 4.74 Å². The third kappa shape index (κ3) is 4.44. The Labute approximate surface area is 164 Å². The van der Waals surface area contributed by atoms with Crippen molar-refractivity contribution in [1.29, 1.82) is 0 Å². The quantitative estimate of drug-likeness (QED) is 0.523. The fraction of sp³-hybridized carbons (Fsp3) is 0.611. The predicted octanol–water partition coefficient (Wildman–Crippen LogP) is 2.02. The van der Waals surface area contributed by atoms with Gasteiger partial charge in [-0.1, -0.05) is 6.92 Å². The number of carbonyl (C=O) groups is 1. The van der Waals surface area contributed by atoms with Gasteiger partial charge in [0.25, 0.3) is 5.91 Å². The smallest absolute Gasteiger partial charge is 0.312 e. The molecular weight excluding hydrogens is 386 g/mol. The summed E-state index contributed by atoms with van der Waals surface area (Å²) in [6.45, 7) is 3.89. The Morgan fingerprint density at radius 2 is 1.96 bits per heavy atom. The number of likely N-dealkylation sites (tertiary alicyclic amines) is 1. The summed E-state index contributed by atoms with van der Waals surface area (Å²) in [6.07, 6.45) is 3.55. The van der Waals surface area contributed by atoms with Crippen LogP contribution in [-0.2, 0) is 14.8 Å². The van der Waals surface area contributed by atoms with Crippen LogP contribution in [0, 0.1) is 16.0 Å². The SMILES string of the molecule is C[C@H]1CCCN(C(=O)COc2ccc(S(=O)(=O)N3CCCC3)cc2[N+](=O)[O-])C1. The van der Waals surface area contributed by atoms with Crippen LogP contribution in [-0.4, -0.2) is 61.2 Å². The van der Waals surface area contributed by atoms with Crippen LogP contribution in [0.2, 0.25) is 0 Å². The van der Waals surface area contributed by atoms with Gasteiger partial charge in [0.1, 0.15) is 0 Å². The van der Waals surface area contributed by atoms with Crippen molar-refractivity contribution in [3.8, 4) is 5.75 Å². The maximum Gasteiger partial charge on any atom is 0.312 e. The molecule has 10 heteroatoms. The molecule has 0 aromatic heterocycles. The highest BCUT2D eigenvalue weighted by Gasteiger charge is 2.30. The van der Waals surface area contributed by atoms with Crippen LogP contribution in [0.4, 0.5) is 5.69 Å². The standard InChI is InChI=1S/C18H25N3O6S/c1-14-5-4-8-19(12-14)18(22)13-27-17-7-6-15(11-16(17)21(23)24)28(25,26)20-9-2-3-10-20/h6-7,11,14H,2-5,8-10,12-13H2,1H3/t14-/m0/s1. The molecule has 154 valence electrons. The van der Waals surface area contributed by atoms with E-state index in [4.69, 9.17) is 4.74 Å². The highest BCUT2D eigenvalue weighted by molar-refractivity contribution is 7.89. The second-order valence-corrected chi connectivity index (χ2v) is 9.31. The average Bonchev–Trinajstić information content (AvgIpc) is 3.21. The Kier molecular flexibility index (Phi) is 6.19.